The van der Waals surface area contributed by atoms with Gasteiger partial charge in [0.25, 0.3) is 0 Å². The van der Waals surface area contributed by atoms with Gasteiger partial charge in [-0.3, -0.25) is 5.10 Å². The monoisotopic (exact) mass is 226 g/mol. The van der Waals surface area contributed by atoms with Crippen molar-refractivity contribution in [2.75, 3.05) is 5.73 Å². The number of H-pyrrole nitrogens is 1. The number of rotatable bonds is 2. The summed E-state index contributed by atoms with van der Waals surface area (Å²) in [7, 11) is 0. The van der Waals surface area contributed by atoms with Gasteiger partial charge >= 0.3 is 0 Å². The summed E-state index contributed by atoms with van der Waals surface area (Å²) in [5.41, 5.74) is 8.52. The summed E-state index contributed by atoms with van der Waals surface area (Å²) < 4.78 is 0. The molecule has 0 unspecified atom stereocenters. The third kappa shape index (κ3) is 1.65. The molecule has 0 aliphatic heterocycles. The van der Waals surface area contributed by atoms with Crippen LogP contribution >= 0.6 is 0 Å². The zero-order valence-electron chi connectivity index (χ0n) is 8.91. The molecule has 3 aromatic rings. The van der Waals surface area contributed by atoms with Crippen molar-refractivity contribution in [1.82, 2.24) is 25.2 Å². The van der Waals surface area contributed by atoms with Crippen LogP contribution in [0.1, 0.15) is 0 Å². The Morgan fingerprint density at radius 1 is 1.18 bits per heavy atom. The fourth-order valence-electron chi connectivity index (χ4n) is 1.67. The van der Waals surface area contributed by atoms with Crippen LogP contribution < -0.4 is 5.73 Å². The quantitative estimate of drug-likeness (QED) is 0.688. The summed E-state index contributed by atoms with van der Waals surface area (Å²) in [5.74, 6) is 0.551. The molecule has 0 aliphatic rings. The zero-order valence-corrected chi connectivity index (χ0v) is 8.91. The normalized spacial score (nSPS) is 10.6. The van der Waals surface area contributed by atoms with E-state index in [0.29, 0.717) is 5.82 Å². The molecule has 6 nitrogen and oxygen atoms in total. The summed E-state index contributed by atoms with van der Waals surface area (Å²) in [6.07, 6.45) is 4.97. The van der Waals surface area contributed by atoms with E-state index in [2.05, 4.69) is 20.4 Å². The van der Waals surface area contributed by atoms with E-state index in [1.165, 1.54) is 0 Å². The molecule has 84 valence electrons. The van der Waals surface area contributed by atoms with Gasteiger partial charge in [-0.15, -0.1) is 0 Å². The summed E-state index contributed by atoms with van der Waals surface area (Å²) >= 11 is 0. The fourth-order valence-corrected chi connectivity index (χ4v) is 1.67. The lowest BCUT2D eigenvalue weighted by atomic mass is 10.1. The van der Waals surface area contributed by atoms with Gasteiger partial charge in [-0.1, -0.05) is 12.1 Å². The molecule has 0 radical (unpaired) electrons. The Labute approximate surface area is 97.1 Å². The van der Waals surface area contributed by atoms with Crippen molar-refractivity contribution in [3.8, 4) is 16.8 Å². The molecular weight excluding hydrogens is 216 g/mol. The highest BCUT2D eigenvalue weighted by molar-refractivity contribution is 5.74. The van der Waals surface area contributed by atoms with Crippen molar-refractivity contribution >= 4 is 5.82 Å². The van der Waals surface area contributed by atoms with E-state index in [1.807, 2.05) is 24.3 Å². The van der Waals surface area contributed by atoms with Crippen molar-refractivity contribution in [1.29, 1.82) is 0 Å². The van der Waals surface area contributed by atoms with Crippen LogP contribution in [0.4, 0.5) is 5.82 Å². The van der Waals surface area contributed by atoms with Gasteiger partial charge < -0.3 is 5.73 Å². The number of aromatic amines is 1. The van der Waals surface area contributed by atoms with Crippen LogP contribution in [0.2, 0.25) is 0 Å². The van der Waals surface area contributed by atoms with Gasteiger partial charge in [0.05, 0.1) is 24.3 Å². The molecule has 0 atom stereocenters. The Morgan fingerprint density at radius 2 is 2.00 bits per heavy atom. The van der Waals surface area contributed by atoms with E-state index in [0.717, 1.165) is 16.8 Å². The Balaban J connectivity index is 2.09. The Kier molecular flexibility index (Phi) is 2.11. The predicted octanol–water partition coefficient (Wildman–Crippen LogP) is 1.24. The topological polar surface area (TPSA) is 85.4 Å². The predicted molar refractivity (Wildman–Crippen MR) is 63.4 cm³/mol. The number of nitrogens with one attached hydrogen (secondary N) is 1. The molecule has 0 saturated heterocycles. The smallest absolute Gasteiger partial charge is 0.126 e. The van der Waals surface area contributed by atoms with Gasteiger partial charge in [0.15, 0.2) is 0 Å². The fraction of sp³-hybridized carbons (Fsp3) is 0. The van der Waals surface area contributed by atoms with E-state index in [9.17, 15) is 0 Å². The first-order valence-electron chi connectivity index (χ1n) is 5.10. The van der Waals surface area contributed by atoms with E-state index >= 15 is 0 Å². The maximum absolute atomic E-state index is 5.79. The van der Waals surface area contributed by atoms with E-state index in [4.69, 9.17) is 5.73 Å². The maximum Gasteiger partial charge on any atom is 0.126 e. The van der Waals surface area contributed by atoms with Crippen molar-refractivity contribution in [2.24, 2.45) is 0 Å². The number of anilines is 1. The highest BCUT2D eigenvalue weighted by Crippen LogP contribution is 2.24. The molecule has 3 N–H and O–H groups in total. The summed E-state index contributed by atoms with van der Waals surface area (Å²) in [6.45, 7) is 0. The van der Waals surface area contributed by atoms with Crippen LogP contribution in [0.25, 0.3) is 16.8 Å². The first-order chi connectivity index (χ1) is 8.34. The lowest BCUT2D eigenvalue weighted by Gasteiger charge is -2.03. The Hall–Kier alpha value is -2.63. The number of benzene rings is 1. The minimum Gasteiger partial charge on any atom is -0.384 e. The van der Waals surface area contributed by atoms with E-state index in [1.54, 1.807) is 23.4 Å². The number of aromatic nitrogens is 5. The number of nitrogens with zero attached hydrogens (tertiary/aromatic N) is 4. The number of hydrogen-bond acceptors (Lipinski definition) is 4. The van der Waals surface area contributed by atoms with Gasteiger partial charge in [0, 0.05) is 5.56 Å². The summed E-state index contributed by atoms with van der Waals surface area (Å²) in [6, 6.07) is 7.79. The molecular formula is C11H10N6. The van der Waals surface area contributed by atoms with Crippen LogP contribution in [-0.4, -0.2) is 25.2 Å². The zero-order chi connectivity index (χ0) is 11.7. The average molecular weight is 226 g/mol. The molecule has 2 heterocycles. The molecule has 0 spiro atoms. The minimum absolute atomic E-state index is 0.551. The summed E-state index contributed by atoms with van der Waals surface area (Å²) in [5, 5.41) is 14.8. The lowest BCUT2D eigenvalue weighted by Crippen LogP contribution is -1.98. The minimum atomic E-state index is 0.551. The van der Waals surface area contributed by atoms with Gasteiger partial charge in [0.2, 0.25) is 0 Å². The standard InChI is InChI=1S/C11H10N6/c12-11-10(7-13-16-11)8-2-1-3-9(6-8)17-14-4-5-15-17/h1-7H,(H3,12,13,16). The van der Waals surface area contributed by atoms with Crippen LogP contribution in [0.5, 0.6) is 0 Å². The van der Waals surface area contributed by atoms with Gasteiger partial charge in [-0.2, -0.15) is 20.1 Å². The number of nitrogen functional groups attached to an aromatic ring is 1. The molecule has 2 aromatic heterocycles. The average Bonchev–Trinajstić information content (AvgIpc) is 2.99. The van der Waals surface area contributed by atoms with Crippen LogP contribution in [0.3, 0.4) is 0 Å². The van der Waals surface area contributed by atoms with Gasteiger partial charge in [0.1, 0.15) is 5.82 Å². The number of hydrogen-bond donors (Lipinski definition) is 2. The first kappa shape index (κ1) is 9.59. The molecule has 0 aliphatic carbocycles. The maximum atomic E-state index is 5.79. The second-order valence-electron chi connectivity index (χ2n) is 3.57. The van der Waals surface area contributed by atoms with E-state index < -0.39 is 0 Å². The molecule has 3 rings (SSSR count). The third-order valence-corrected chi connectivity index (χ3v) is 2.48. The van der Waals surface area contributed by atoms with Crippen LogP contribution in [-0.2, 0) is 0 Å². The highest BCUT2D eigenvalue weighted by atomic mass is 15.5. The second-order valence-corrected chi connectivity index (χ2v) is 3.57. The Bertz CT molecular complexity index is 625. The molecule has 0 bridgehead atoms. The van der Waals surface area contributed by atoms with Crippen molar-refractivity contribution in [3.63, 3.8) is 0 Å². The molecule has 0 amide bonds. The SMILES string of the molecule is Nc1[nH]ncc1-c1cccc(-n2nccn2)c1. The van der Waals surface area contributed by atoms with Crippen molar-refractivity contribution < 1.29 is 0 Å². The summed E-state index contributed by atoms with van der Waals surface area (Å²) in [4.78, 5) is 1.56. The first-order valence-corrected chi connectivity index (χ1v) is 5.10. The van der Waals surface area contributed by atoms with Crippen molar-refractivity contribution in [2.45, 2.75) is 0 Å². The molecule has 17 heavy (non-hydrogen) atoms. The van der Waals surface area contributed by atoms with E-state index in [-0.39, 0.29) is 0 Å². The lowest BCUT2D eigenvalue weighted by molar-refractivity contribution is 0.752. The molecule has 1 aromatic carbocycles. The Morgan fingerprint density at radius 3 is 2.71 bits per heavy atom. The number of nitrogens with two attached hydrogens (primary N) is 1. The van der Waals surface area contributed by atoms with Crippen LogP contribution in [0, 0.1) is 0 Å². The van der Waals surface area contributed by atoms with Gasteiger partial charge in [-0.25, -0.2) is 0 Å². The van der Waals surface area contributed by atoms with Crippen molar-refractivity contribution in [3.05, 3.63) is 42.9 Å². The van der Waals surface area contributed by atoms with Crippen LogP contribution in [0.15, 0.2) is 42.9 Å². The highest BCUT2D eigenvalue weighted by Gasteiger charge is 2.06. The molecule has 0 saturated carbocycles. The largest absolute Gasteiger partial charge is 0.384 e. The molecule has 6 heteroatoms. The molecule has 0 fully saturated rings. The third-order valence-electron chi connectivity index (χ3n) is 2.48. The second kappa shape index (κ2) is 3.75. The van der Waals surface area contributed by atoms with Gasteiger partial charge in [-0.05, 0) is 17.7 Å².